The van der Waals surface area contributed by atoms with Crippen molar-refractivity contribution < 1.29 is 9.53 Å². The first-order valence-corrected chi connectivity index (χ1v) is 9.28. The fourth-order valence-corrected chi connectivity index (χ4v) is 3.47. The first-order chi connectivity index (χ1) is 11.7. The van der Waals surface area contributed by atoms with Crippen molar-refractivity contribution in [2.45, 2.75) is 30.8 Å². The molecule has 0 saturated carbocycles. The molecule has 5 nitrogen and oxygen atoms in total. The van der Waals surface area contributed by atoms with Gasteiger partial charge in [0.05, 0.1) is 12.1 Å². The second kappa shape index (κ2) is 7.66. The Kier molecular flexibility index (Phi) is 5.35. The number of carbonyl (C=O) groups excluding carboxylic acids is 1. The van der Waals surface area contributed by atoms with Crippen LogP contribution in [0.15, 0.2) is 41.4 Å². The third kappa shape index (κ3) is 3.87. The van der Waals surface area contributed by atoms with E-state index in [9.17, 15) is 4.79 Å². The van der Waals surface area contributed by atoms with Crippen molar-refractivity contribution in [3.63, 3.8) is 0 Å². The van der Waals surface area contributed by atoms with Gasteiger partial charge in [-0.2, -0.15) is 4.98 Å². The van der Waals surface area contributed by atoms with Gasteiger partial charge in [0.1, 0.15) is 11.9 Å². The van der Waals surface area contributed by atoms with Crippen molar-refractivity contribution in [2.24, 2.45) is 0 Å². The molecule has 126 valence electrons. The summed E-state index contributed by atoms with van der Waals surface area (Å²) < 4.78 is 5.96. The smallest absolute Gasteiger partial charge is 0.255 e. The molecule has 1 unspecified atom stereocenters. The number of benzene rings is 1. The maximum atomic E-state index is 12.9. The van der Waals surface area contributed by atoms with E-state index in [-0.39, 0.29) is 12.0 Å². The Balaban J connectivity index is 1.70. The zero-order chi connectivity index (χ0) is 16.9. The molecule has 3 rings (SSSR count). The van der Waals surface area contributed by atoms with Crippen LogP contribution in [0.1, 0.15) is 29.0 Å². The van der Waals surface area contributed by atoms with E-state index in [1.165, 1.54) is 0 Å². The number of likely N-dealkylation sites (tertiary alicyclic amines) is 1. The molecule has 0 aliphatic carbocycles. The topological polar surface area (TPSA) is 55.3 Å². The predicted molar refractivity (Wildman–Crippen MR) is 94.5 cm³/mol. The molecule has 1 aromatic carbocycles. The number of aryl methyl sites for hydroxylation is 1. The van der Waals surface area contributed by atoms with Crippen LogP contribution in [0.3, 0.4) is 0 Å². The SMILES string of the molecule is CSc1ccccc1C(=O)N1CCCC(Oc2ccnc(C)n2)C1. The molecular weight excluding hydrogens is 322 g/mol. The zero-order valence-electron chi connectivity index (χ0n) is 13.9. The second-order valence-electron chi connectivity index (χ2n) is 5.78. The minimum absolute atomic E-state index is 0.0292. The highest BCUT2D eigenvalue weighted by atomic mass is 32.2. The molecule has 1 aliphatic heterocycles. The lowest BCUT2D eigenvalue weighted by Crippen LogP contribution is -2.44. The Morgan fingerprint density at radius 1 is 1.33 bits per heavy atom. The molecule has 1 saturated heterocycles. The van der Waals surface area contributed by atoms with Crippen molar-refractivity contribution in [3.05, 3.63) is 47.9 Å². The highest BCUT2D eigenvalue weighted by molar-refractivity contribution is 7.98. The fraction of sp³-hybridized carbons (Fsp3) is 0.389. The average molecular weight is 343 g/mol. The lowest BCUT2D eigenvalue weighted by Gasteiger charge is -2.33. The molecule has 6 heteroatoms. The van der Waals surface area contributed by atoms with Gasteiger partial charge in [-0.3, -0.25) is 4.79 Å². The van der Waals surface area contributed by atoms with Crippen LogP contribution in [-0.4, -0.2) is 46.2 Å². The number of amides is 1. The molecule has 2 aromatic rings. The Hall–Kier alpha value is -2.08. The van der Waals surface area contributed by atoms with E-state index < -0.39 is 0 Å². The quantitative estimate of drug-likeness (QED) is 0.798. The number of rotatable bonds is 4. The number of thioether (sulfide) groups is 1. The molecule has 0 N–H and O–H groups in total. The van der Waals surface area contributed by atoms with Crippen LogP contribution in [0.5, 0.6) is 5.88 Å². The summed E-state index contributed by atoms with van der Waals surface area (Å²) in [5.74, 6) is 1.34. The molecule has 1 atom stereocenters. The predicted octanol–water partition coefficient (Wildman–Crippen LogP) is 3.19. The third-order valence-electron chi connectivity index (χ3n) is 4.04. The average Bonchev–Trinajstić information content (AvgIpc) is 2.61. The van der Waals surface area contributed by atoms with Crippen molar-refractivity contribution in [2.75, 3.05) is 19.3 Å². The van der Waals surface area contributed by atoms with Crippen LogP contribution in [0, 0.1) is 6.92 Å². The Morgan fingerprint density at radius 2 is 2.17 bits per heavy atom. The standard InChI is InChI=1S/C18H21N3O2S/c1-13-19-10-9-17(20-13)23-14-6-5-11-21(12-14)18(22)15-7-3-4-8-16(15)24-2/h3-4,7-10,14H,5-6,11-12H2,1-2H3. The molecule has 1 aromatic heterocycles. The summed E-state index contributed by atoms with van der Waals surface area (Å²) in [6.45, 7) is 3.19. The van der Waals surface area contributed by atoms with Gasteiger partial charge in [-0.15, -0.1) is 11.8 Å². The number of hydrogen-bond donors (Lipinski definition) is 0. The molecule has 0 spiro atoms. The highest BCUT2D eigenvalue weighted by Crippen LogP contribution is 2.24. The highest BCUT2D eigenvalue weighted by Gasteiger charge is 2.27. The van der Waals surface area contributed by atoms with Crippen LogP contribution in [0.25, 0.3) is 0 Å². The van der Waals surface area contributed by atoms with E-state index in [1.807, 2.05) is 42.3 Å². The van der Waals surface area contributed by atoms with E-state index in [0.29, 0.717) is 18.2 Å². The Bertz CT molecular complexity index is 723. The summed E-state index contributed by atoms with van der Waals surface area (Å²) in [6, 6.07) is 9.51. The summed E-state index contributed by atoms with van der Waals surface area (Å²) in [6.07, 6.45) is 5.52. The molecule has 0 bridgehead atoms. The molecule has 1 aliphatic rings. The minimum Gasteiger partial charge on any atom is -0.472 e. The van der Waals surface area contributed by atoms with Crippen LogP contribution in [0.4, 0.5) is 0 Å². The number of hydrogen-bond acceptors (Lipinski definition) is 5. The summed E-state index contributed by atoms with van der Waals surface area (Å²) in [7, 11) is 0. The van der Waals surface area contributed by atoms with Crippen LogP contribution in [-0.2, 0) is 0 Å². The van der Waals surface area contributed by atoms with Crippen molar-refractivity contribution >= 4 is 17.7 Å². The normalized spacial score (nSPS) is 17.6. The first kappa shape index (κ1) is 16.8. The summed E-state index contributed by atoms with van der Waals surface area (Å²) >= 11 is 1.60. The van der Waals surface area contributed by atoms with Gasteiger partial charge in [-0.1, -0.05) is 12.1 Å². The Morgan fingerprint density at radius 3 is 2.96 bits per heavy atom. The zero-order valence-corrected chi connectivity index (χ0v) is 14.8. The van der Waals surface area contributed by atoms with Gasteiger partial charge in [0.15, 0.2) is 0 Å². The molecule has 24 heavy (non-hydrogen) atoms. The molecule has 1 amide bonds. The maximum absolute atomic E-state index is 12.9. The third-order valence-corrected chi connectivity index (χ3v) is 4.84. The van der Waals surface area contributed by atoms with Crippen LogP contribution < -0.4 is 4.74 Å². The second-order valence-corrected chi connectivity index (χ2v) is 6.62. The molecule has 2 heterocycles. The van der Waals surface area contributed by atoms with Gasteiger partial charge in [0.2, 0.25) is 5.88 Å². The monoisotopic (exact) mass is 343 g/mol. The number of aromatic nitrogens is 2. The lowest BCUT2D eigenvalue weighted by atomic mass is 10.1. The van der Waals surface area contributed by atoms with E-state index >= 15 is 0 Å². The van der Waals surface area contributed by atoms with Crippen molar-refractivity contribution in [1.82, 2.24) is 14.9 Å². The molecule has 0 radical (unpaired) electrons. The van der Waals surface area contributed by atoms with Crippen molar-refractivity contribution in [1.29, 1.82) is 0 Å². The number of ether oxygens (including phenoxy) is 1. The van der Waals surface area contributed by atoms with E-state index in [1.54, 1.807) is 24.0 Å². The minimum atomic E-state index is -0.0292. The van der Waals surface area contributed by atoms with Gasteiger partial charge >= 0.3 is 0 Å². The van der Waals surface area contributed by atoms with Crippen LogP contribution in [0.2, 0.25) is 0 Å². The van der Waals surface area contributed by atoms with Gasteiger partial charge in [0.25, 0.3) is 5.91 Å². The number of nitrogens with zero attached hydrogens (tertiary/aromatic N) is 3. The number of piperidine rings is 1. The summed E-state index contributed by atoms with van der Waals surface area (Å²) in [5, 5.41) is 0. The number of carbonyl (C=O) groups is 1. The van der Waals surface area contributed by atoms with Gasteiger partial charge < -0.3 is 9.64 Å². The maximum Gasteiger partial charge on any atom is 0.255 e. The molecular formula is C18H21N3O2S. The lowest BCUT2D eigenvalue weighted by molar-refractivity contribution is 0.0524. The first-order valence-electron chi connectivity index (χ1n) is 8.06. The molecule has 1 fully saturated rings. The van der Waals surface area contributed by atoms with Gasteiger partial charge in [0, 0.05) is 23.7 Å². The fourth-order valence-electron chi connectivity index (χ4n) is 2.88. The Labute approximate surface area is 146 Å². The van der Waals surface area contributed by atoms with E-state index in [2.05, 4.69) is 9.97 Å². The van der Waals surface area contributed by atoms with Crippen molar-refractivity contribution in [3.8, 4) is 5.88 Å². The van der Waals surface area contributed by atoms with E-state index in [0.717, 1.165) is 29.8 Å². The summed E-state index contributed by atoms with van der Waals surface area (Å²) in [4.78, 5) is 24.1. The van der Waals surface area contributed by atoms with Gasteiger partial charge in [-0.25, -0.2) is 4.98 Å². The van der Waals surface area contributed by atoms with E-state index in [4.69, 9.17) is 4.74 Å². The van der Waals surface area contributed by atoms with Gasteiger partial charge in [-0.05, 0) is 38.2 Å². The summed E-state index contributed by atoms with van der Waals surface area (Å²) in [5.41, 5.74) is 0.767. The van der Waals surface area contributed by atoms with Crippen LogP contribution >= 0.6 is 11.8 Å². The largest absolute Gasteiger partial charge is 0.472 e.